The van der Waals surface area contributed by atoms with Crippen molar-refractivity contribution in [2.75, 3.05) is 5.32 Å². The number of halogens is 2. The van der Waals surface area contributed by atoms with Gasteiger partial charge >= 0.3 is 0 Å². The molecule has 8 nitrogen and oxygen atoms in total. The summed E-state index contributed by atoms with van der Waals surface area (Å²) in [4.78, 5) is 0. The molecule has 0 amide bonds. The quantitative estimate of drug-likeness (QED) is 0.195. The second-order valence-corrected chi connectivity index (χ2v) is 7.96. The molecule has 0 aliphatic rings. The highest BCUT2D eigenvalue weighted by atomic mass is 35.5. The van der Waals surface area contributed by atoms with E-state index in [-0.39, 0.29) is 5.75 Å². The van der Waals surface area contributed by atoms with Crippen LogP contribution in [0.5, 0.6) is 5.75 Å². The largest absolute Gasteiger partial charge is 0.504 e. The van der Waals surface area contributed by atoms with Crippen LogP contribution in [0.3, 0.4) is 0 Å². The summed E-state index contributed by atoms with van der Waals surface area (Å²) in [7, 11) is 1.72. The van der Waals surface area contributed by atoms with Gasteiger partial charge in [-0.2, -0.15) is 15.3 Å². The first-order valence-corrected chi connectivity index (χ1v) is 10.3. The van der Waals surface area contributed by atoms with Crippen molar-refractivity contribution in [1.82, 2.24) is 25.4 Å². The number of hydrogen-bond donors (Lipinski definition) is 4. The van der Waals surface area contributed by atoms with Gasteiger partial charge in [-0.3, -0.25) is 15.2 Å². The maximum atomic E-state index is 10.7. The number of aryl methyl sites for hydroxylation is 1. The van der Waals surface area contributed by atoms with Gasteiger partial charge in [-0.05, 0) is 49.5 Å². The summed E-state index contributed by atoms with van der Waals surface area (Å²) in [5.41, 5.74) is 6.39. The fourth-order valence-electron chi connectivity index (χ4n) is 3.08. The van der Waals surface area contributed by atoms with Crippen LogP contribution in [-0.4, -0.2) is 35.9 Å². The number of hydrogen-bond acceptors (Lipinski definition) is 5. The summed E-state index contributed by atoms with van der Waals surface area (Å²) < 4.78 is 1.55. The van der Waals surface area contributed by atoms with Gasteiger partial charge < -0.3 is 10.4 Å². The standard InChI is InChI=1S/C20H17Cl2N7OS/c1-10(25-27-20(31)24-13-5-3-12-9-23-26-16(12)8-13)17-19(30)18(29(2)28-17)11-4-6-14(21)15(22)7-11/h3-9,30H,1-2H3,(H,23,26)(H2,24,27,31). The van der Waals surface area contributed by atoms with Crippen LogP contribution in [0.1, 0.15) is 12.6 Å². The van der Waals surface area contributed by atoms with Gasteiger partial charge in [-0.25, -0.2) is 0 Å². The number of aromatic amines is 1. The van der Waals surface area contributed by atoms with Crippen molar-refractivity contribution in [2.45, 2.75) is 6.92 Å². The van der Waals surface area contributed by atoms with Gasteiger partial charge in [0, 0.05) is 23.7 Å². The summed E-state index contributed by atoms with van der Waals surface area (Å²) in [6.45, 7) is 1.72. The molecule has 158 valence electrons. The van der Waals surface area contributed by atoms with Crippen LogP contribution in [0, 0.1) is 0 Å². The van der Waals surface area contributed by atoms with E-state index in [1.54, 1.807) is 43.0 Å². The summed E-state index contributed by atoms with van der Waals surface area (Å²) >= 11 is 17.4. The first kappa shape index (κ1) is 21.1. The number of benzene rings is 2. The third kappa shape index (κ3) is 4.34. The molecule has 4 rings (SSSR count). The first-order valence-electron chi connectivity index (χ1n) is 9.09. The number of hydrazone groups is 1. The summed E-state index contributed by atoms with van der Waals surface area (Å²) in [6, 6.07) is 10.8. The van der Waals surface area contributed by atoms with E-state index in [0.717, 1.165) is 16.6 Å². The Kier molecular flexibility index (Phi) is 5.81. The number of rotatable bonds is 4. The van der Waals surface area contributed by atoms with E-state index in [1.165, 1.54) is 0 Å². The Bertz CT molecular complexity index is 1330. The third-order valence-electron chi connectivity index (χ3n) is 4.58. The van der Waals surface area contributed by atoms with Crippen LogP contribution in [0.4, 0.5) is 5.69 Å². The maximum Gasteiger partial charge on any atom is 0.191 e. The molecule has 0 unspecified atom stereocenters. The Morgan fingerprint density at radius 3 is 2.77 bits per heavy atom. The van der Waals surface area contributed by atoms with E-state index < -0.39 is 0 Å². The number of nitrogens with zero attached hydrogens (tertiary/aromatic N) is 4. The molecule has 0 aliphatic heterocycles. The summed E-state index contributed by atoms with van der Waals surface area (Å²) in [6.07, 6.45) is 1.74. The summed E-state index contributed by atoms with van der Waals surface area (Å²) in [5, 5.41) is 31.4. The van der Waals surface area contributed by atoms with E-state index in [1.807, 2.05) is 18.2 Å². The van der Waals surface area contributed by atoms with Gasteiger partial charge in [-0.15, -0.1) is 0 Å². The molecule has 11 heteroatoms. The minimum absolute atomic E-state index is 0.0208. The highest BCUT2D eigenvalue weighted by Gasteiger charge is 2.19. The van der Waals surface area contributed by atoms with Crippen molar-refractivity contribution in [3.8, 4) is 17.0 Å². The van der Waals surface area contributed by atoms with Gasteiger partial charge in [0.2, 0.25) is 0 Å². The lowest BCUT2D eigenvalue weighted by Gasteiger charge is -2.07. The number of fused-ring (bicyclic) bond motifs is 1. The Balaban J connectivity index is 1.51. The van der Waals surface area contributed by atoms with Crippen LogP contribution in [0.2, 0.25) is 10.0 Å². The minimum Gasteiger partial charge on any atom is -0.504 e. The summed E-state index contributed by atoms with van der Waals surface area (Å²) in [5.74, 6) is -0.0208. The van der Waals surface area contributed by atoms with Crippen molar-refractivity contribution < 1.29 is 5.11 Å². The molecule has 0 aliphatic carbocycles. The lowest BCUT2D eigenvalue weighted by Crippen LogP contribution is -2.25. The van der Waals surface area contributed by atoms with Crippen molar-refractivity contribution in [3.05, 3.63) is 58.3 Å². The molecule has 31 heavy (non-hydrogen) atoms. The predicted molar refractivity (Wildman–Crippen MR) is 128 cm³/mol. The molecule has 0 spiro atoms. The van der Waals surface area contributed by atoms with Gasteiger partial charge in [-0.1, -0.05) is 29.3 Å². The van der Waals surface area contributed by atoms with E-state index in [0.29, 0.717) is 37.8 Å². The highest BCUT2D eigenvalue weighted by Crippen LogP contribution is 2.35. The fourth-order valence-corrected chi connectivity index (χ4v) is 3.55. The molecule has 2 aromatic heterocycles. The molecule has 0 fully saturated rings. The highest BCUT2D eigenvalue weighted by molar-refractivity contribution is 7.80. The Morgan fingerprint density at radius 1 is 1.19 bits per heavy atom. The Morgan fingerprint density at radius 2 is 2.00 bits per heavy atom. The van der Waals surface area contributed by atoms with E-state index in [2.05, 4.69) is 31.1 Å². The van der Waals surface area contributed by atoms with Crippen molar-refractivity contribution in [3.63, 3.8) is 0 Å². The molecule has 0 atom stereocenters. The number of nitrogens with one attached hydrogen (secondary N) is 3. The number of aromatic nitrogens is 4. The molecule has 0 bridgehead atoms. The molecule has 4 aromatic rings. The Labute approximate surface area is 192 Å². The van der Waals surface area contributed by atoms with Crippen LogP contribution in [-0.2, 0) is 7.05 Å². The van der Waals surface area contributed by atoms with Crippen LogP contribution in [0.25, 0.3) is 22.2 Å². The average molecular weight is 474 g/mol. The van der Waals surface area contributed by atoms with Crippen molar-refractivity contribution in [2.24, 2.45) is 12.1 Å². The van der Waals surface area contributed by atoms with Crippen LogP contribution < -0.4 is 10.7 Å². The first-order chi connectivity index (χ1) is 14.8. The van der Waals surface area contributed by atoms with E-state index in [9.17, 15) is 5.11 Å². The van der Waals surface area contributed by atoms with E-state index in [4.69, 9.17) is 35.4 Å². The zero-order chi connectivity index (χ0) is 22.1. The number of H-pyrrole nitrogens is 1. The second kappa shape index (κ2) is 8.54. The normalized spacial score (nSPS) is 11.7. The second-order valence-electron chi connectivity index (χ2n) is 6.73. The van der Waals surface area contributed by atoms with Gasteiger partial charge in [0.15, 0.2) is 16.6 Å². The number of thiocarbonyl (C=S) groups is 1. The lowest BCUT2D eigenvalue weighted by atomic mass is 10.1. The van der Waals surface area contributed by atoms with Gasteiger partial charge in [0.1, 0.15) is 5.69 Å². The molecule has 2 aromatic carbocycles. The van der Waals surface area contributed by atoms with Gasteiger partial charge in [0.25, 0.3) is 0 Å². The van der Waals surface area contributed by atoms with Crippen LogP contribution in [0.15, 0.2) is 47.7 Å². The molecular formula is C20H17Cl2N7OS. The van der Waals surface area contributed by atoms with Crippen molar-refractivity contribution in [1.29, 1.82) is 0 Å². The molecule has 2 heterocycles. The third-order valence-corrected chi connectivity index (χ3v) is 5.52. The average Bonchev–Trinajstić information content (AvgIpc) is 3.32. The lowest BCUT2D eigenvalue weighted by molar-refractivity contribution is 0.475. The molecule has 0 saturated heterocycles. The smallest absolute Gasteiger partial charge is 0.191 e. The molecule has 0 radical (unpaired) electrons. The van der Waals surface area contributed by atoms with Crippen LogP contribution >= 0.6 is 35.4 Å². The Hall–Kier alpha value is -3.14. The zero-order valence-electron chi connectivity index (χ0n) is 16.4. The monoisotopic (exact) mass is 473 g/mol. The molecule has 0 saturated carbocycles. The molecule has 4 N–H and O–H groups in total. The fraction of sp³-hybridized carbons (Fsp3) is 0.100. The van der Waals surface area contributed by atoms with Crippen molar-refractivity contribution >= 4 is 62.8 Å². The number of anilines is 1. The van der Waals surface area contributed by atoms with E-state index >= 15 is 0 Å². The maximum absolute atomic E-state index is 10.7. The molecular weight excluding hydrogens is 457 g/mol. The topological polar surface area (TPSA) is 103 Å². The van der Waals surface area contributed by atoms with Gasteiger partial charge in [0.05, 0.1) is 27.5 Å². The SMILES string of the molecule is CC(=NNC(=S)Nc1ccc2cn[nH]c2c1)c1nn(C)c(-c2ccc(Cl)c(Cl)c2)c1O. The minimum atomic E-state index is -0.0208. The predicted octanol–water partition coefficient (Wildman–Crippen LogP) is 4.69. The number of aromatic hydroxyl groups is 1. The zero-order valence-corrected chi connectivity index (χ0v) is 18.8.